The van der Waals surface area contributed by atoms with Gasteiger partial charge < -0.3 is 14.6 Å². The van der Waals surface area contributed by atoms with Crippen LogP contribution in [0.3, 0.4) is 0 Å². The second kappa shape index (κ2) is 4.71. The molecule has 1 N–H and O–H groups in total. The number of benzene rings is 1. The molecule has 5 heteroatoms. The minimum atomic E-state index is -0.760. The van der Waals surface area contributed by atoms with Gasteiger partial charge in [-0.05, 0) is 34.8 Å². The van der Waals surface area contributed by atoms with Crippen LogP contribution < -0.4 is 9.47 Å². The Morgan fingerprint density at radius 2 is 1.95 bits per heavy atom. The predicted octanol–water partition coefficient (Wildman–Crippen LogP) is 3.12. The summed E-state index contributed by atoms with van der Waals surface area (Å²) in [7, 11) is 0. The Bertz CT molecular complexity index is 522. The van der Waals surface area contributed by atoms with Crippen molar-refractivity contribution in [3.8, 4) is 11.5 Å². The number of fused-ring (bicyclic) bond motifs is 1. The standard InChI is InChI=1S/C14H15BrO4/c15-10-3-2-9(14(4-5-14)8-11(16)17)12-13(10)19-7-1-6-18-12/h2-3H,1,4-8H2,(H,16,17). The Balaban J connectivity index is 2.05. The first-order valence-corrected chi connectivity index (χ1v) is 7.22. The number of carboxylic acid groups (broad SMARTS) is 1. The molecule has 0 atom stereocenters. The molecular weight excluding hydrogens is 312 g/mol. The molecule has 0 aromatic heterocycles. The number of hydrogen-bond acceptors (Lipinski definition) is 3. The molecule has 0 bridgehead atoms. The lowest BCUT2D eigenvalue weighted by Crippen LogP contribution is -2.14. The highest BCUT2D eigenvalue weighted by Crippen LogP contribution is 2.56. The summed E-state index contributed by atoms with van der Waals surface area (Å²) in [5, 5.41) is 9.08. The maximum atomic E-state index is 11.0. The molecule has 1 aromatic rings. The highest BCUT2D eigenvalue weighted by Gasteiger charge is 2.48. The summed E-state index contributed by atoms with van der Waals surface area (Å²) in [6.07, 6.45) is 2.80. The quantitative estimate of drug-likeness (QED) is 0.927. The van der Waals surface area contributed by atoms with E-state index in [1.165, 1.54) is 0 Å². The summed E-state index contributed by atoms with van der Waals surface area (Å²) in [4.78, 5) is 11.0. The molecule has 0 spiro atoms. The van der Waals surface area contributed by atoms with Gasteiger partial charge in [0.25, 0.3) is 0 Å². The van der Waals surface area contributed by atoms with Crippen LogP contribution in [0.5, 0.6) is 11.5 Å². The first-order chi connectivity index (χ1) is 9.12. The summed E-state index contributed by atoms with van der Waals surface area (Å²) in [6, 6.07) is 3.89. The normalized spacial score (nSPS) is 19.6. The molecule has 1 aliphatic heterocycles. The zero-order valence-corrected chi connectivity index (χ0v) is 12.0. The molecule has 1 aromatic carbocycles. The predicted molar refractivity (Wildman–Crippen MR) is 72.9 cm³/mol. The number of hydrogen-bond donors (Lipinski definition) is 1. The molecule has 4 nitrogen and oxygen atoms in total. The number of aliphatic carboxylic acids is 1. The number of halogens is 1. The van der Waals surface area contributed by atoms with Crippen LogP contribution in [0.2, 0.25) is 0 Å². The third-order valence-corrected chi connectivity index (χ3v) is 4.38. The largest absolute Gasteiger partial charge is 0.489 e. The van der Waals surface area contributed by atoms with E-state index in [4.69, 9.17) is 14.6 Å². The minimum Gasteiger partial charge on any atom is -0.489 e. The number of carbonyl (C=O) groups is 1. The monoisotopic (exact) mass is 326 g/mol. The number of ether oxygens (including phenoxy) is 2. The van der Waals surface area contributed by atoms with Crippen LogP contribution in [-0.4, -0.2) is 24.3 Å². The second-order valence-electron chi connectivity index (χ2n) is 5.15. The molecule has 0 unspecified atom stereocenters. The fourth-order valence-electron chi connectivity index (χ4n) is 2.62. The Labute approximate surface area is 119 Å². The molecule has 3 rings (SSSR count). The molecular formula is C14H15BrO4. The third-order valence-electron chi connectivity index (χ3n) is 3.76. The van der Waals surface area contributed by atoms with Crippen molar-refractivity contribution in [2.24, 2.45) is 0 Å². The molecule has 1 saturated carbocycles. The minimum absolute atomic E-state index is 0.157. The van der Waals surface area contributed by atoms with Gasteiger partial charge in [-0.25, -0.2) is 0 Å². The van der Waals surface area contributed by atoms with E-state index < -0.39 is 5.97 Å². The van der Waals surface area contributed by atoms with E-state index in [0.29, 0.717) is 19.0 Å². The van der Waals surface area contributed by atoms with Gasteiger partial charge in [0.05, 0.1) is 24.1 Å². The van der Waals surface area contributed by atoms with E-state index in [1.807, 2.05) is 12.1 Å². The maximum Gasteiger partial charge on any atom is 0.304 e. The average Bonchev–Trinajstić information content (AvgIpc) is 3.13. The topological polar surface area (TPSA) is 55.8 Å². The van der Waals surface area contributed by atoms with E-state index in [-0.39, 0.29) is 11.8 Å². The van der Waals surface area contributed by atoms with Gasteiger partial charge in [-0.1, -0.05) is 6.07 Å². The second-order valence-corrected chi connectivity index (χ2v) is 6.01. The molecule has 102 valence electrons. The van der Waals surface area contributed by atoms with Crippen molar-refractivity contribution in [3.05, 3.63) is 22.2 Å². The van der Waals surface area contributed by atoms with Crippen molar-refractivity contribution in [2.75, 3.05) is 13.2 Å². The van der Waals surface area contributed by atoms with E-state index in [1.54, 1.807) is 0 Å². The first-order valence-electron chi connectivity index (χ1n) is 6.43. The summed E-state index contributed by atoms with van der Waals surface area (Å²) in [6.45, 7) is 1.24. The molecule has 1 aliphatic carbocycles. The van der Waals surface area contributed by atoms with Gasteiger partial charge in [-0.15, -0.1) is 0 Å². The van der Waals surface area contributed by atoms with E-state index in [9.17, 15) is 4.79 Å². The SMILES string of the molecule is O=C(O)CC1(c2ccc(Br)c3c2OCCCO3)CC1. The van der Waals surface area contributed by atoms with E-state index in [0.717, 1.165) is 35.0 Å². The maximum absolute atomic E-state index is 11.0. The molecule has 1 heterocycles. The molecule has 2 aliphatic rings. The van der Waals surface area contributed by atoms with Crippen LogP contribution in [0.4, 0.5) is 0 Å². The Hall–Kier alpha value is -1.23. The zero-order chi connectivity index (χ0) is 13.5. The summed E-state index contributed by atoms with van der Waals surface area (Å²) >= 11 is 3.47. The molecule has 0 radical (unpaired) electrons. The van der Waals surface area contributed by atoms with Crippen molar-refractivity contribution in [1.29, 1.82) is 0 Å². The lowest BCUT2D eigenvalue weighted by Gasteiger charge is -2.20. The number of carboxylic acids is 1. The molecule has 19 heavy (non-hydrogen) atoms. The highest BCUT2D eigenvalue weighted by molar-refractivity contribution is 9.10. The fraction of sp³-hybridized carbons (Fsp3) is 0.500. The smallest absolute Gasteiger partial charge is 0.304 e. The molecule has 0 saturated heterocycles. The third kappa shape index (κ3) is 2.31. The van der Waals surface area contributed by atoms with Crippen LogP contribution in [0, 0.1) is 0 Å². The van der Waals surface area contributed by atoms with Gasteiger partial charge in [0, 0.05) is 17.4 Å². The summed E-state index contributed by atoms with van der Waals surface area (Å²) in [5.41, 5.74) is 0.722. The van der Waals surface area contributed by atoms with Crippen LogP contribution in [-0.2, 0) is 10.2 Å². The van der Waals surface area contributed by atoms with Crippen molar-refractivity contribution >= 4 is 21.9 Å². The Kier molecular flexibility index (Phi) is 3.17. The van der Waals surface area contributed by atoms with Gasteiger partial charge in [0.15, 0.2) is 11.5 Å². The van der Waals surface area contributed by atoms with Crippen LogP contribution >= 0.6 is 15.9 Å². The summed E-state index contributed by atoms with van der Waals surface area (Å²) < 4.78 is 12.4. The van der Waals surface area contributed by atoms with Gasteiger partial charge in [0.2, 0.25) is 0 Å². The van der Waals surface area contributed by atoms with E-state index in [2.05, 4.69) is 15.9 Å². The average molecular weight is 327 g/mol. The molecule has 1 fully saturated rings. The van der Waals surface area contributed by atoms with Gasteiger partial charge >= 0.3 is 5.97 Å². The summed E-state index contributed by atoms with van der Waals surface area (Å²) in [5.74, 6) is 0.681. The van der Waals surface area contributed by atoms with Crippen molar-refractivity contribution in [3.63, 3.8) is 0 Å². The van der Waals surface area contributed by atoms with Crippen molar-refractivity contribution in [1.82, 2.24) is 0 Å². The van der Waals surface area contributed by atoms with Crippen LogP contribution in [0.15, 0.2) is 16.6 Å². The molecule has 0 amide bonds. The lowest BCUT2D eigenvalue weighted by atomic mass is 9.91. The van der Waals surface area contributed by atoms with Crippen molar-refractivity contribution < 1.29 is 19.4 Å². The van der Waals surface area contributed by atoms with Gasteiger partial charge in [0.1, 0.15) is 0 Å². The lowest BCUT2D eigenvalue weighted by molar-refractivity contribution is -0.137. The van der Waals surface area contributed by atoms with Crippen LogP contribution in [0.1, 0.15) is 31.2 Å². The van der Waals surface area contributed by atoms with Crippen molar-refractivity contribution in [2.45, 2.75) is 31.1 Å². The number of rotatable bonds is 3. The van der Waals surface area contributed by atoms with Crippen LogP contribution in [0.25, 0.3) is 0 Å². The zero-order valence-electron chi connectivity index (χ0n) is 10.4. The van der Waals surface area contributed by atoms with Gasteiger partial charge in [-0.3, -0.25) is 4.79 Å². The fourth-order valence-corrected chi connectivity index (χ4v) is 3.05. The highest BCUT2D eigenvalue weighted by atomic mass is 79.9. The Morgan fingerprint density at radius 1 is 1.26 bits per heavy atom. The van der Waals surface area contributed by atoms with E-state index >= 15 is 0 Å². The first kappa shape index (κ1) is 12.8. The van der Waals surface area contributed by atoms with Gasteiger partial charge in [-0.2, -0.15) is 0 Å². The Morgan fingerprint density at radius 3 is 2.58 bits per heavy atom.